The Bertz CT molecular complexity index is 574. The normalized spacial score (nSPS) is 11.1. The third-order valence-corrected chi connectivity index (χ3v) is 3.36. The molecular formula is C16H21NO3. The van der Waals surface area contributed by atoms with E-state index in [1.807, 2.05) is 18.2 Å². The lowest BCUT2D eigenvalue weighted by Gasteiger charge is -2.04. The molecule has 20 heavy (non-hydrogen) atoms. The number of hydrogen-bond acceptors (Lipinski definition) is 3. The van der Waals surface area contributed by atoms with Crippen molar-refractivity contribution in [2.45, 2.75) is 39.2 Å². The van der Waals surface area contributed by atoms with E-state index in [1.165, 1.54) is 5.56 Å². The number of fused-ring (bicyclic) bond motifs is 1. The van der Waals surface area contributed by atoms with Crippen LogP contribution in [0.15, 0.2) is 28.7 Å². The molecule has 0 aliphatic heterocycles. The van der Waals surface area contributed by atoms with Gasteiger partial charge >= 0.3 is 5.97 Å². The molecular weight excluding hydrogens is 254 g/mol. The topological polar surface area (TPSA) is 62.5 Å². The van der Waals surface area contributed by atoms with Crippen molar-refractivity contribution in [3.63, 3.8) is 0 Å². The number of aryl methyl sites for hydroxylation is 1. The molecule has 2 rings (SSSR count). The summed E-state index contributed by atoms with van der Waals surface area (Å²) < 4.78 is 5.92. The molecule has 0 amide bonds. The Morgan fingerprint density at radius 2 is 2.15 bits per heavy atom. The molecule has 0 aliphatic rings. The average Bonchev–Trinajstić information content (AvgIpc) is 2.79. The van der Waals surface area contributed by atoms with Crippen molar-refractivity contribution < 1.29 is 14.3 Å². The van der Waals surface area contributed by atoms with E-state index in [-0.39, 0.29) is 6.42 Å². The van der Waals surface area contributed by atoms with Crippen LogP contribution in [0.5, 0.6) is 0 Å². The molecule has 0 fully saturated rings. The van der Waals surface area contributed by atoms with Gasteiger partial charge in [0.2, 0.25) is 0 Å². The summed E-state index contributed by atoms with van der Waals surface area (Å²) >= 11 is 0. The molecule has 4 nitrogen and oxygen atoms in total. The van der Waals surface area contributed by atoms with Crippen LogP contribution in [-0.4, -0.2) is 17.6 Å². The van der Waals surface area contributed by atoms with Crippen LogP contribution >= 0.6 is 0 Å². The number of carboxylic acid groups (broad SMARTS) is 1. The number of aliphatic carboxylic acids is 1. The summed E-state index contributed by atoms with van der Waals surface area (Å²) in [6.45, 7) is 3.29. The first-order valence-corrected chi connectivity index (χ1v) is 7.14. The smallest absolute Gasteiger partial charge is 0.304 e. The van der Waals surface area contributed by atoms with Gasteiger partial charge in [-0.25, -0.2) is 0 Å². The van der Waals surface area contributed by atoms with Crippen molar-refractivity contribution in [2.75, 3.05) is 6.54 Å². The van der Waals surface area contributed by atoms with Crippen molar-refractivity contribution in [2.24, 2.45) is 0 Å². The van der Waals surface area contributed by atoms with Crippen molar-refractivity contribution in [1.82, 2.24) is 5.32 Å². The zero-order valence-corrected chi connectivity index (χ0v) is 11.8. The van der Waals surface area contributed by atoms with E-state index in [9.17, 15) is 4.79 Å². The fraction of sp³-hybridized carbons (Fsp3) is 0.438. The molecule has 0 spiro atoms. The Morgan fingerprint density at radius 1 is 1.35 bits per heavy atom. The van der Waals surface area contributed by atoms with Gasteiger partial charge in [0.25, 0.3) is 0 Å². The van der Waals surface area contributed by atoms with Crippen LogP contribution < -0.4 is 5.32 Å². The first kappa shape index (κ1) is 14.6. The molecule has 0 aliphatic carbocycles. The summed E-state index contributed by atoms with van der Waals surface area (Å²) in [5.74, 6) is 0.247. The number of furan rings is 1. The Morgan fingerprint density at radius 3 is 2.90 bits per heavy atom. The molecule has 0 bridgehead atoms. The van der Waals surface area contributed by atoms with Gasteiger partial charge in [0, 0.05) is 30.5 Å². The van der Waals surface area contributed by atoms with Crippen LogP contribution in [0.1, 0.15) is 37.5 Å². The van der Waals surface area contributed by atoms with Crippen molar-refractivity contribution in [1.29, 1.82) is 0 Å². The number of para-hydroxylation sites is 1. The van der Waals surface area contributed by atoms with E-state index in [1.54, 1.807) is 0 Å². The highest BCUT2D eigenvalue weighted by molar-refractivity contribution is 5.82. The second-order valence-corrected chi connectivity index (χ2v) is 4.92. The van der Waals surface area contributed by atoms with Gasteiger partial charge in [-0.1, -0.05) is 31.5 Å². The molecule has 0 radical (unpaired) electrons. The molecule has 1 aromatic heterocycles. The van der Waals surface area contributed by atoms with E-state index in [0.717, 1.165) is 36.0 Å². The summed E-state index contributed by atoms with van der Waals surface area (Å²) in [5.41, 5.74) is 2.08. The van der Waals surface area contributed by atoms with Crippen molar-refractivity contribution in [3.05, 3.63) is 35.6 Å². The van der Waals surface area contributed by atoms with E-state index < -0.39 is 5.97 Å². The standard InChI is InChI=1S/C16H21NO3/c1-2-3-7-15-13(11-17-10-9-16(18)19)12-6-4-5-8-14(12)20-15/h4-6,8,17H,2-3,7,9-11H2,1H3,(H,18,19). The zero-order valence-electron chi connectivity index (χ0n) is 11.8. The van der Waals surface area contributed by atoms with Gasteiger partial charge in [-0.3, -0.25) is 4.79 Å². The third-order valence-electron chi connectivity index (χ3n) is 3.36. The van der Waals surface area contributed by atoms with Gasteiger partial charge < -0.3 is 14.8 Å². The molecule has 108 valence electrons. The molecule has 0 saturated heterocycles. The van der Waals surface area contributed by atoms with Crippen LogP contribution in [0.2, 0.25) is 0 Å². The van der Waals surface area contributed by atoms with Crippen LogP contribution in [0.3, 0.4) is 0 Å². The lowest BCUT2D eigenvalue weighted by Crippen LogP contribution is -2.18. The lowest BCUT2D eigenvalue weighted by atomic mass is 10.1. The number of rotatable bonds is 8. The SMILES string of the molecule is CCCCc1oc2ccccc2c1CNCCC(=O)O. The molecule has 0 saturated carbocycles. The van der Waals surface area contributed by atoms with Crippen LogP contribution in [0.25, 0.3) is 11.0 Å². The molecule has 2 aromatic rings. The molecule has 0 unspecified atom stereocenters. The van der Waals surface area contributed by atoms with Crippen molar-refractivity contribution in [3.8, 4) is 0 Å². The summed E-state index contributed by atoms with van der Waals surface area (Å²) in [4.78, 5) is 10.5. The lowest BCUT2D eigenvalue weighted by molar-refractivity contribution is -0.136. The fourth-order valence-corrected chi connectivity index (χ4v) is 2.29. The van der Waals surface area contributed by atoms with Crippen LogP contribution in [0.4, 0.5) is 0 Å². The minimum atomic E-state index is -0.777. The Hall–Kier alpha value is -1.81. The van der Waals surface area contributed by atoms with Gasteiger partial charge in [0.1, 0.15) is 11.3 Å². The Balaban J connectivity index is 2.12. The summed E-state index contributed by atoms with van der Waals surface area (Å²) in [6, 6.07) is 8.01. The molecule has 1 aromatic carbocycles. The van der Waals surface area contributed by atoms with E-state index in [0.29, 0.717) is 13.1 Å². The predicted octanol–water partition coefficient (Wildman–Crippen LogP) is 3.34. The molecule has 1 heterocycles. The Kier molecular flexibility index (Phi) is 5.18. The van der Waals surface area contributed by atoms with Gasteiger partial charge in [-0.05, 0) is 12.5 Å². The number of carboxylic acids is 1. The number of hydrogen-bond donors (Lipinski definition) is 2. The second kappa shape index (κ2) is 7.10. The number of carbonyl (C=O) groups is 1. The van der Waals surface area contributed by atoms with Gasteiger partial charge in [0.05, 0.1) is 6.42 Å². The minimum absolute atomic E-state index is 0.139. The van der Waals surface area contributed by atoms with Crippen LogP contribution in [0, 0.1) is 0 Å². The van der Waals surface area contributed by atoms with E-state index >= 15 is 0 Å². The largest absolute Gasteiger partial charge is 0.481 e. The number of nitrogens with one attached hydrogen (secondary N) is 1. The van der Waals surface area contributed by atoms with E-state index in [2.05, 4.69) is 18.3 Å². The van der Waals surface area contributed by atoms with Crippen molar-refractivity contribution >= 4 is 16.9 Å². The highest BCUT2D eigenvalue weighted by Crippen LogP contribution is 2.27. The monoisotopic (exact) mass is 275 g/mol. The maximum Gasteiger partial charge on any atom is 0.304 e. The Labute approximate surface area is 118 Å². The molecule has 2 N–H and O–H groups in total. The summed E-state index contributed by atoms with van der Waals surface area (Å²) in [5, 5.41) is 13.0. The highest BCUT2D eigenvalue weighted by atomic mass is 16.4. The third kappa shape index (κ3) is 3.61. The first-order chi connectivity index (χ1) is 9.72. The quantitative estimate of drug-likeness (QED) is 0.725. The first-order valence-electron chi connectivity index (χ1n) is 7.14. The fourth-order valence-electron chi connectivity index (χ4n) is 2.29. The van der Waals surface area contributed by atoms with E-state index in [4.69, 9.17) is 9.52 Å². The molecule has 0 atom stereocenters. The number of unbranched alkanes of at least 4 members (excludes halogenated alkanes) is 1. The second-order valence-electron chi connectivity index (χ2n) is 4.92. The maximum atomic E-state index is 10.5. The van der Waals surface area contributed by atoms with Gasteiger partial charge in [-0.2, -0.15) is 0 Å². The zero-order chi connectivity index (χ0) is 14.4. The van der Waals surface area contributed by atoms with Gasteiger partial charge in [-0.15, -0.1) is 0 Å². The summed E-state index contributed by atoms with van der Waals surface area (Å²) in [7, 11) is 0. The molecule has 4 heteroatoms. The minimum Gasteiger partial charge on any atom is -0.481 e. The highest BCUT2D eigenvalue weighted by Gasteiger charge is 2.13. The average molecular weight is 275 g/mol. The maximum absolute atomic E-state index is 10.5. The summed E-state index contributed by atoms with van der Waals surface area (Å²) in [6.07, 6.45) is 3.30. The van der Waals surface area contributed by atoms with Crippen LogP contribution in [-0.2, 0) is 17.8 Å². The predicted molar refractivity (Wildman–Crippen MR) is 78.8 cm³/mol. The van der Waals surface area contributed by atoms with Gasteiger partial charge in [0.15, 0.2) is 0 Å². The number of benzene rings is 1.